The van der Waals surface area contributed by atoms with Crippen LogP contribution in [0.25, 0.3) is 0 Å². The molecule has 0 aliphatic heterocycles. The van der Waals surface area contributed by atoms with Crippen LogP contribution in [-0.2, 0) is 6.61 Å². The van der Waals surface area contributed by atoms with E-state index in [-0.39, 0.29) is 12.2 Å². The number of hydrogen-bond donors (Lipinski definition) is 2. The number of rotatable bonds is 3. The number of hydrogen-bond acceptors (Lipinski definition) is 4. The molecular weight excluding hydrogens is 255 g/mol. The van der Waals surface area contributed by atoms with Gasteiger partial charge >= 0.3 is 0 Å². The van der Waals surface area contributed by atoms with Gasteiger partial charge in [-0.25, -0.2) is 9.37 Å². The minimum absolute atomic E-state index is 0.207. The van der Waals surface area contributed by atoms with E-state index in [1.807, 2.05) is 0 Å². The standard InChI is InChI=1S/C12H11FN2O2S/c1-7-4-11(17)15-12(14-7)18-10-3-2-8(6-16)5-9(10)13/h2-5,16H,6H2,1H3,(H,14,15,17). The summed E-state index contributed by atoms with van der Waals surface area (Å²) < 4.78 is 13.7. The summed E-state index contributed by atoms with van der Waals surface area (Å²) in [6.07, 6.45) is 0. The van der Waals surface area contributed by atoms with Crippen LogP contribution in [0, 0.1) is 12.7 Å². The lowest BCUT2D eigenvalue weighted by molar-refractivity contribution is 0.281. The van der Waals surface area contributed by atoms with E-state index >= 15 is 0 Å². The number of aliphatic hydroxyl groups excluding tert-OH is 1. The molecule has 6 heteroatoms. The predicted octanol–water partition coefficient (Wildman–Crippen LogP) is 1.86. The van der Waals surface area contributed by atoms with Crippen molar-refractivity contribution < 1.29 is 9.50 Å². The van der Waals surface area contributed by atoms with Gasteiger partial charge < -0.3 is 10.1 Å². The monoisotopic (exact) mass is 266 g/mol. The number of aryl methyl sites for hydroxylation is 1. The molecule has 0 radical (unpaired) electrons. The number of aromatic amines is 1. The fourth-order valence-electron chi connectivity index (χ4n) is 1.43. The molecule has 0 aliphatic rings. The number of nitrogens with one attached hydrogen (secondary N) is 1. The van der Waals surface area contributed by atoms with Crippen LogP contribution in [0.2, 0.25) is 0 Å². The van der Waals surface area contributed by atoms with Gasteiger partial charge in [0.2, 0.25) is 0 Å². The van der Waals surface area contributed by atoms with Crippen molar-refractivity contribution in [1.29, 1.82) is 0 Å². The Bertz CT molecular complexity index is 628. The Labute approximate surface area is 107 Å². The highest BCUT2D eigenvalue weighted by Gasteiger charge is 2.07. The predicted molar refractivity (Wildman–Crippen MR) is 66.0 cm³/mol. The molecule has 1 aromatic heterocycles. The molecule has 0 bridgehead atoms. The fraction of sp³-hybridized carbons (Fsp3) is 0.167. The van der Waals surface area contributed by atoms with Crippen LogP contribution in [-0.4, -0.2) is 15.1 Å². The summed E-state index contributed by atoms with van der Waals surface area (Å²) in [6, 6.07) is 5.80. The molecule has 0 aliphatic carbocycles. The van der Waals surface area contributed by atoms with Gasteiger partial charge in [0.15, 0.2) is 5.16 Å². The van der Waals surface area contributed by atoms with Gasteiger partial charge in [-0.15, -0.1) is 0 Å². The molecule has 0 amide bonds. The maximum Gasteiger partial charge on any atom is 0.251 e. The van der Waals surface area contributed by atoms with Crippen molar-refractivity contribution in [3.8, 4) is 0 Å². The summed E-state index contributed by atoms with van der Waals surface area (Å²) in [6.45, 7) is 1.49. The van der Waals surface area contributed by atoms with Crippen molar-refractivity contribution in [2.45, 2.75) is 23.6 Å². The normalized spacial score (nSPS) is 10.6. The first-order valence-corrected chi connectivity index (χ1v) is 6.05. The molecule has 0 fully saturated rings. The Balaban J connectivity index is 2.31. The molecular formula is C12H11FN2O2S. The van der Waals surface area contributed by atoms with E-state index in [0.717, 1.165) is 11.8 Å². The number of aliphatic hydroxyl groups is 1. The van der Waals surface area contributed by atoms with Crippen molar-refractivity contribution in [1.82, 2.24) is 9.97 Å². The summed E-state index contributed by atoms with van der Waals surface area (Å²) in [7, 11) is 0. The zero-order valence-corrected chi connectivity index (χ0v) is 10.4. The van der Waals surface area contributed by atoms with Crippen molar-refractivity contribution in [3.05, 3.63) is 51.7 Å². The van der Waals surface area contributed by atoms with E-state index in [2.05, 4.69) is 9.97 Å². The highest BCUT2D eigenvalue weighted by molar-refractivity contribution is 7.99. The quantitative estimate of drug-likeness (QED) is 0.832. The van der Waals surface area contributed by atoms with E-state index < -0.39 is 5.82 Å². The third-order valence-electron chi connectivity index (χ3n) is 2.23. The van der Waals surface area contributed by atoms with Crippen LogP contribution in [0.4, 0.5) is 4.39 Å². The van der Waals surface area contributed by atoms with Gasteiger partial charge in [0.05, 0.1) is 11.5 Å². The minimum atomic E-state index is -0.448. The summed E-state index contributed by atoms with van der Waals surface area (Å²) in [5, 5.41) is 9.23. The zero-order chi connectivity index (χ0) is 13.1. The average Bonchev–Trinajstić information content (AvgIpc) is 2.30. The average molecular weight is 266 g/mol. The molecule has 2 rings (SSSR count). The van der Waals surface area contributed by atoms with Crippen LogP contribution in [0.15, 0.2) is 39.1 Å². The molecule has 18 heavy (non-hydrogen) atoms. The number of benzene rings is 1. The van der Waals surface area contributed by atoms with Gasteiger partial charge in [0.25, 0.3) is 5.56 Å². The molecule has 2 aromatic rings. The molecule has 2 N–H and O–H groups in total. The highest BCUT2D eigenvalue weighted by Crippen LogP contribution is 2.27. The second kappa shape index (κ2) is 5.32. The van der Waals surface area contributed by atoms with Crippen LogP contribution >= 0.6 is 11.8 Å². The smallest absolute Gasteiger partial charge is 0.251 e. The molecule has 0 unspecified atom stereocenters. The number of nitrogens with zero attached hydrogens (tertiary/aromatic N) is 1. The van der Waals surface area contributed by atoms with Gasteiger partial charge in [-0.2, -0.15) is 0 Å². The Kier molecular flexibility index (Phi) is 3.78. The van der Waals surface area contributed by atoms with Crippen molar-refractivity contribution >= 4 is 11.8 Å². The van der Waals surface area contributed by atoms with Gasteiger partial charge in [0.1, 0.15) is 5.82 Å². The van der Waals surface area contributed by atoms with E-state index in [0.29, 0.717) is 21.3 Å². The fourth-order valence-corrected chi connectivity index (χ4v) is 2.27. The molecule has 0 saturated heterocycles. The largest absolute Gasteiger partial charge is 0.392 e. The number of halogens is 1. The molecule has 1 aromatic carbocycles. The van der Waals surface area contributed by atoms with Crippen LogP contribution in [0.5, 0.6) is 0 Å². The Morgan fingerprint density at radius 2 is 2.22 bits per heavy atom. The van der Waals surface area contributed by atoms with Gasteiger partial charge in [-0.3, -0.25) is 4.79 Å². The van der Waals surface area contributed by atoms with Gasteiger partial charge in [-0.05, 0) is 36.4 Å². The minimum Gasteiger partial charge on any atom is -0.392 e. The Hall–Kier alpha value is -1.66. The Morgan fingerprint density at radius 1 is 1.44 bits per heavy atom. The first-order chi connectivity index (χ1) is 8.58. The zero-order valence-electron chi connectivity index (χ0n) is 9.61. The number of H-pyrrole nitrogens is 1. The van der Waals surface area contributed by atoms with Crippen LogP contribution < -0.4 is 5.56 Å². The summed E-state index contributed by atoms with van der Waals surface area (Å²) >= 11 is 1.04. The topological polar surface area (TPSA) is 66.0 Å². The number of aromatic nitrogens is 2. The maximum absolute atomic E-state index is 13.7. The van der Waals surface area contributed by atoms with Crippen molar-refractivity contribution in [3.63, 3.8) is 0 Å². The third-order valence-corrected chi connectivity index (χ3v) is 3.17. The SMILES string of the molecule is Cc1cc(=O)[nH]c(Sc2ccc(CO)cc2F)n1. The molecule has 0 spiro atoms. The summed E-state index contributed by atoms with van der Waals surface area (Å²) in [5.74, 6) is -0.448. The highest BCUT2D eigenvalue weighted by atomic mass is 32.2. The summed E-state index contributed by atoms with van der Waals surface area (Å²) in [5.41, 5.74) is 0.813. The second-order valence-corrected chi connectivity index (χ2v) is 4.75. The molecule has 0 atom stereocenters. The lowest BCUT2D eigenvalue weighted by atomic mass is 10.2. The molecule has 0 saturated carbocycles. The van der Waals surface area contributed by atoms with Gasteiger partial charge in [-0.1, -0.05) is 6.07 Å². The van der Waals surface area contributed by atoms with E-state index in [4.69, 9.17) is 5.11 Å². The van der Waals surface area contributed by atoms with E-state index in [1.165, 1.54) is 12.1 Å². The van der Waals surface area contributed by atoms with Crippen LogP contribution in [0.1, 0.15) is 11.3 Å². The first kappa shape index (κ1) is 12.8. The van der Waals surface area contributed by atoms with Crippen LogP contribution in [0.3, 0.4) is 0 Å². The first-order valence-electron chi connectivity index (χ1n) is 5.23. The third kappa shape index (κ3) is 2.96. The Morgan fingerprint density at radius 3 is 2.83 bits per heavy atom. The lowest BCUT2D eigenvalue weighted by Crippen LogP contribution is -2.08. The summed E-state index contributed by atoms with van der Waals surface area (Å²) in [4.78, 5) is 18.2. The van der Waals surface area contributed by atoms with Crippen molar-refractivity contribution in [2.24, 2.45) is 0 Å². The van der Waals surface area contributed by atoms with Crippen molar-refractivity contribution in [2.75, 3.05) is 0 Å². The second-order valence-electron chi connectivity index (χ2n) is 3.72. The lowest BCUT2D eigenvalue weighted by Gasteiger charge is -2.04. The molecule has 1 heterocycles. The van der Waals surface area contributed by atoms with E-state index in [9.17, 15) is 9.18 Å². The van der Waals surface area contributed by atoms with E-state index in [1.54, 1.807) is 19.1 Å². The molecule has 94 valence electrons. The molecule has 4 nitrogen and oxygen atoms in total. The maximum atomic E-state index is 13.7. The van der Waals surface area contributed by atoms with Gasteiger partial charge in [0, 0.05) is 11.8 Å².